The van der Waals surface area contributed by atoms with Gasteiger partial charge in [0.15, 0.2) is 0 Å². The lowest BCUT2D eigenvalue weighted by Gasteiger charge is -2.35. The Bertz CT molecular complexity index is 456. The second kappa shape index (κ2) is 6.62. The van der Waals surface area contributed by atoms with Gasteiger partial charge in [-0.25, -0.2) is 0 Å². The Labute approximate surface area is 125 Å². The lowest BCUT2D eigenvalue weighted by atomic mass is 10.2. The van der Waals surface area contributed by atoms with Crippen molar-refractivity contribution in [2.24, 2.45) is 5.92 Å². The highest BCUT2D eigenvalue weighted by molar-refractivity contribution is 5.78. The fourth-order valence-electron chi connectivity index (χ4n) is 2.90. The third-order valence-electron chi connectivity index (χ3n) is 4.21. The monoisotopic (exact) mass is 292 g/mol. The van der Waals surface area contributed by atoms with Crippen LogP contribution in [0.15, 0.2) is 23.0 Å². The zero-order valence-electron chi connectivity index (χ0n) is 12.7. The molecular formula is C16H24N2O3. The number of carbonyl (C=O) groups is 1. The van der Waals surface area contributed by atoms with Crippen molar-refractivity contribution in [3.8, 4) is 0 Å². The molecule has 2 aliphatic rings. The van der Waals surface area contributed by atoms with Crippen LogP contribution in [-0.2, 0) is 16.0 Å². The molecule has 0 spiro atoms. The summed E-state index contributed by atoms with van der Waals surface area (Å²) in [6.45, 7) is 4.10. The quantitative estimate of drug-likeness (QED) is 0.795. The molecule has 1 saturated heterocycles. The highest BCUT2D eigenvalue weighted by atomic mass is 16.5. The average molecular weight is 292 g/mol. The molecule has 21 heavy (non-hydrogen) atoms. The first kappa shape index (κ1) is 14.6. The highest BCUT2D eigenvalue weighted by Gasteiger charge is 2.27. The summed E-state index contributed by atoms with van der Waals surface area (Å²) >= 11 is 0. The maximum Gasteiger partial charge on any atom is 0.227 e. The molecule has 0 N–H and O–H groups in total. The van der Waals surface area contributed by atoms with Gasteiger partial charge < -0.3 is 19.0 Å². The minimum absolute atomic E-state index is 0.135. The number of rotatable bonds is 6. The maximum absolute atomic E-state index is 12.3. The van der Waals surface area contributed by atoms with E-state index in [0.717, 1.165) is 24.6 Å². The molecule has 5 nitrogen and oxygen atoms in total. The number of carbonyl (C=O) groups excluding carboxylic acids is 1. The van der Waals surface area contributed by atoms with Crippen LogP contribution in [-0.4, -0.2) is 61.6 Å². The van der Waals surface area contributed by atoms with E-state index in [4.69, 9.17) is 9.15 Å². The Balaban J connectivity index is 1.46. The van der Waals surface area contributed by atoms with Crippen molar-refractivity contribution < 1.29 is 13.9 Å². The first-order chi connectivity index (χ1) is 10.2. The van der Waals surface area contributed by atoms with E-state index in [1.807, 2.05) is 11.0 Å². The predicted molar refractivity (Wildman–Crippen MR) is 79.0 cm³/mol. The second-order valence-electron chi connectivity index (χ2n) is 6.31. The fraction of sp³-hybridized carbons (Fsp3) is 0.688. The average Bonchev–Trinajstić information content (AvgIpc) is 3.12. The number of hydrogen-bond donors (Lipinski definition) is 0. The van der Waals surface area contributed by atoms with Crippen LogP contribution in [0.2, 0.25) is 0 Å². The molecule has 1 aromatic rings. The van der Waals surface area contributed by atoms with Gasteiger partial charge in [-0.3, -0.25) is 4.79 Å². The van der Waals surface area contributed by atoms with Crippen molar-refractivity contribution in [3.63, 3.8) is 0 Å². The van der Waals surface area contributed by atoms with Gasteiger partial charge in [-0.2, -0.15) is 0 Å². The molecule has 2 heterocycles. The zero-order valence-corrected chi connectivity index (χ0v) is 12.7. The molecule has 1 aliphatic heterocycles. The van der Waals surface area contributed by atoms with Crippen molar-refractivity contribution in [2.75, 3.05) is 39.8 Å². The van der Waals surface area contributed by atoms with Crippen LogP contribution in [0.3, 0.4) is 0 Å². The van der Waals surface area contributed by atoms with Gasteiger partial charge in [0, 0.05) is 26.2 Å². The van der Waals surface area contributed by atoms with E-state index in [1.165, 1.54) is 12.8 Å². The molecule has 2 fully saturated rings. The van der Waals surface area contributed by atoms with E-state index in [-0.39, 0.29) is 12.0 Å². The number of likely N-dealkylation sites (N-methyl/N-ethyl adjacent to an activating group) is 1. The highest BCUT2D eigenvalue weighted by Crippen LogP contribution is 2.29. The summed E-state index contributed by atoms with van der Waals surface area (Å²) in [6.07, 6.45) is 6.53. The van der Waals surface area contributed by atoms with Gasteiger partial charge in [0.2, 0.25) is 5.91 Å². The number of ether oxygens (including phenoxy) is 1. The number of hydrogen-bond acceptors (Lipinski definition) is 4. The van der Waals surface area contributed by atoms with Gasteiger partial charge in [0.05, 0.1) is 31.7 Å². The molecule has 0 radical (unpaired) electrons. The van der Waals surface area contributed by atoms with E-state index >= 15 is 0 Å². The third-order valence-corrected chi connectivity index (χ3v) is 4.21. The molecular weight excluding hydrogens is 268 g/mol. The smallest absolute Gasteiger partial charge is 0.227 e. The largest absolute Gasteiger partial charge is 0.472 e. The standard InChI is InChI=1S/C16H24N2O3/c1-17(9-13-2-3-13)10-15-11-18(5-7-21-15)16(19)8-14-4-6-20-12-14/h4,6,12-13,15H,2-3,5,7-11H2,1H3/t15-/m1/s1. The van der Waals surface area contributed by atoms with E-state index in [0.29, 0.717) is 26.1 Å². The molecule has 1 saturated carbocycles. The summed E-state index contributed by atoms with van der Waals surface area (Å²) < 4.78 is 10.8. The minimum Gasteiger partial charge on any atom is -0.472 e. The molecule has 116 valence electrons. The van der Waals surface area contributed by atoms with Gasteiger partial charge >= 0.3 is 0 Å². The maximum atomic E-state index is 12.3. The number of morpholine rings is 1. The summed E-state index contributed by atoms with van der Waals surface area (Å²) in [5.74, 6) is 1.05. The van der Waals surface area contributed by atoms with Crippen molar-refractivity contribution in [1.82, 2.24) is 9.80 Å². The lowest BCUT2D eigenvalue weighted by molar-refractivity contribution is -0.138. The molecule has 1 amide bonds. The summed E-state index contributed by atoms with van der Waals surface area (Å²) in [6, 6.07) is 1.85. The Kier molecular flexibility index (Phi) is 4.60. The molecule has 0 unspecified atom stereocenters. The van der Waals surface area contributed by atoms with Crippen LogP contribution in [0.1, 0.15) is 18.4 Å². The van der Waals surface area contributed by atoms with E-state index < -0.39 is 0 Å². The van der Waals surface area contributed by atoms with Crippen LogP contribution in [0.4, 0.5) is 0 Å². The zero-order chi connectivity index (χ0) is 14.7. The van der Waals surface area contributed by atoms with Gasteiger partial charge in [-0.1, -0.05) is 0 Å². The van der Waals surface area contributed by atoms with E-state index in [2.05, 4.69) is 11.9 Å². The third kappa shape index (κ3) is 4.32. The predicted octanol–water partition coefficient (Wildman–Crippen LogP) is 1.39. The van der Waals surface area contributed by atoms with Crippen LogP contribution in [0.5, 0.6) is 0 Å². The molecule has 3 rings (SSSR count). The van der Waals surface area contributed by atoms with Gasteiger partial charge in [0.1, 0.15) is 0 Å². The number of furan rings is 1. The molecule has 1 aromatic heterocycles. The van der Waals surface area contributed by atoms with Crippen molar-refractivity contribution >= 4 is 5.91 Å². The SMILES string of the molecule is CN(CC1CC1)C[C@@H]1CN(C(=O)Cc2ccoc2)CCO1. The van der Waals surface area contributed by atoms with Crippen LogP contribution < -0.4 is 0 Å². The fourth-order valence-corrected chi connectivity index (χ4v) is 2.90. The van der Waals surface area contributed by atoms with E-state index in [9.17, 15) is 4.79 Å². The summed E-state index contributed by atoms with van der Waals surface area (Å²) in [4.78, 5) is 16.6. The first-order valence-electron chi connectivity index (χ1n) is 7.79. The van der Waals surface area contributed by atoms with Crippen LogP contribution in [0, 0.1) is 5.92 Å². The molecule has 0 aromatic carbocycles. The normalized spacial score (nSPS) is 22.8. The second-order valence-corrected chi connectivity index (χ2v) is 6.31. The first-order valence-corrected chi connectivity index (χ1v) is 7.79. The van der Waals surface area contributed by atoms with E-state index in [1.54, 1.807) is 12.5 Å². The summed E-state index contributed by atoms with van der Waals surface area (Å²) in [7, 11) is 2.15. The molecule has 1 aliphatic carbocycles. The van der Waals surface area contributed by atoms with Gasteiger partial charge in [-0.05, 0) is 37.4 Å². The lowest BCUT2D eigenvalue weighted by Crippen LogP contribution is -2.49. The Morgan fingerprint density at radius 2 is 2.29 bits per heavy atom. The molecule has 1 atom stereocenters. The summed E-state index contributed by atoms with van der Waals surface area (Å²) in [5, 5.41) is 0. The van der Waals surface area contributed by atoms with Gasteiger partial charge in [0.25, 0.3) is 0 Å². The van der Waals surface area contributed by atoms with Crippen molar-refractivity contribution in [2.45, 2.75) is 25.4 Å². The van der Waals surface area contributed by atoms with Gasteiger partial charge in [-0.15, -0.1) is 0 Å². The molecule has 0 bridgehead atoms. The molecule has 5 heteroatoms. The minimum atomic E-state index is 0.135. The Morgan fingerprint density at radius 3 is 3.00 bits per heavy atom. The Morgan fingerprint density at radius 1 is 1.43 bits per heavy atom. The topological polar surface area (TPSA) is 45.9 Å². The number of amides is 1. The van der Waals surface area contributed by atoms with Crippen molar-refractivity contribution in [3.05, 3.63) is 24.2 Å². The Hall–Kier alpha value is -1.33. The van der Waals surface area contributed by atoms with Crippen molar-refractivity contribution in [1.29, 1.82) is 0 Å². The van der Waals surface area contributed by atoms with Crippen LogP contribution in [0.25, 0.3) is 0 Å². The summed E-state index contributed by atoms with van der Waals surface area (Å²) in [5.41, 5.74) is 0.939. The van der Waals surface area contributed by atoms with Crippen LogP contribution >= 0.6 is 0 Å². The number of nitrogens with zero attached hydrogens (tertiary/aromatic N) is 2.